The number of hydrogen-bond donors (Lipinski definition) is 2. The molecule has 0 spiro atoms. The Balaban J connectivity index is 1.50. The van der Waals surface area contributed by atoms with Crippen LogP contribution < -0.4 is 5.43 Å². The topological polar surface area (TPSA) is 102 Å². The minimum atomic E-state index is -3.53. The van der Waals surface area contributed by atoms with E-state index in [1.165, 1.54) is 10.5 Å². The molecular weight excluding hydrogens is 646 g/mol. The average Bonchev–Trinajstić information content (AvgIpc) is 2.72. The van der Waals surface area contributed by atoms with E-state index in [1.54, 1.807) is 30.3 Å². The zero-order chi connectivity index (χ0) is 22.6. The summed E-state index contributed by atoms with van der Waals surface area (Å²) in [7, 11) is -3.53. The van der Waals surface area contributed by atoms with Crippen molar-refractivity contribution >= 4 is 67.3 Å². The number of hydrogen-bond acceptors (Lipinski definition) is 6. The van der Waals surface area contributed by atoms with E-state index in [4.69, 9.17) is 0 Å². The maximum absolute atomic E-state index is 12.8. The Bertz CT molecular complexity index is 1080. The van der Waals surface area contributed by atoms with Crippen LogP contribution in [0.4, 0.5) is 0 Å². The first kappa shape index (κ1) is 24.4. The Morgan fingerprint density at radius 1 is 1.16 bits per heavy atom. The van der Waals surface area contributed by atoms with E-state index in [-0.39, 0.29) is 23.1 Å². The smallest absolute Gasteiger partial charge is 0.254 e. The normalized spacial score (nSPS) is 16.0. The molecule has 1 heterocycles. The van der Waals surface area contributed by atoms with Gasteiger partial charge >= 0.3 is 0 Å². The Morgan fingerprint density at radius 3 is 2.45 bits per heavy atom. The highest BCUT2D eigenvalue weighted by molar-refractivity contribution is 14.1. The summed E-state index contributed by atoms with van der Waals surface area (Å²) in [4.78, 5) is 14.4. The molecule has 2 aromatic rings. The average molecular weight is 668 g/mol. The van der Waals surface area contributed by atoms with Crippen molar-refractivity contribution < 1.29 is 18.3 Å². The van der Waals surface area contributed by atoms with Gasteiger partial charge in [0.15, 0.2) is 0 Å². The number of nitrogens with zero attached hydrogens (tertiary/aromatic N) is 3. The molecule has 3 rings (SSSR count). The molecule has 2 aromatic carbocycles. The van der Waals surface area contributed by atoms with Crippen molar-refractivity contribution in [2.24, 2.45) is 5.10 Å². The van der Waals surface area contributed by atoms with Crippen LogP contribution in [-0.4, -0.2) is 67.6 Å². The van der Waals surface area contributed by atoms with Gasteiger partial charge in [0.25, 0.3) is 5.91 Å². The van der Waals surface area contributed by atoms with Gasteiger partial charge in [-0.3, -0.25) is 9.69 Å². The maximum Gasteiger partial charge on any atom is 0.254 e. The van der Waals surface area contributed by atoms with Crippen LogP contribution in [-0.2, 0) is 14.8 Å². The van der Waals surface area contributed by atoms with E-state index in [9.17, 15) is 18.3 Å². The standard InChI is InChI=1S/C20H22I2N4O4S/c1-14-2-4-17(5-3-14)31(29,30)26-8-6-25(7-9-26)13-19(27)24-23-12-15-10-16(21)11-18(22)20(15)28/h2-5,10-12,28H,6-9,13H2,1H3,(H,24,27)/b23-12+. The minimum absolute atomic E-state index is 0.116. The van der Waals surface area contributed by atoms with Gasteiger partial charge in [0.05, 0.1) is 21.2 Å². The zero-order valence-electron chi connectivity index (χ0n) is 16.8. The molecule has 0 atom stereocenters. The van der Waals surface area contributed by atoms with Crippen LogP contribution in [0.5, 0.6) is 5.75 Å². The number of amides is 1. The van der Waals surface area contributed by atoms with Crippen molar-refractivity contribution in [3.05, 3.63) is 54.7 Å². The van der Waals surface area contributed by atoms with Crippen molar-refractivity contribution in [3.8, 4) is 5.75 Å². The fourth-order valence-corrected chi connectivity index (χ4v) is 6.40. The monoisotopic (exact) mass is 668 g/mol. The second-order valence-corrected chi connectivity index (χ2v) is 11.5. The summed E-state index contributed by atoms with van der Waals surface area (Å²) in [5.41, 5.74) is 3.98. The Hall–Kier alpha value is -1.29. The van der Waals surface area contributed by atoms with E-state index in [1.807, 2.05) is 40.5 Å². The molecule has 31 heavy (non-hydrogen) atoms. The van der Waals surface area contributed by atoms with Gasteiger partial charge in [0, 0.05) is 35.3 Å². The second kappa shape index (κ2) is 10.6. The number of benzene rings is 2. The fraction of sp³-hybridized carbons (Fsp3) is 0.300. The summed E-state index contributed by atoms with van der Waals surface area (Å²) >= 11 is 4.18. The molecule has 1 aliphatic rings. The summed E-state index contributed by atoms with van der Waals surface area (Å²) in [5.74, 6) is -0.184. The van der Waals surface area contributed by atoms with Gasteiger partial charge in [-0.2, -0.15) is 9.41 Å². The highest BCUT2D eigenvalue weighted by Crippen LogP contribution is 2.25. The van der Waals surface area contributed by atoms with Crippen molar-refractivity contribution in [3.63, 3.8) is 0 Å². The Kier molecular flexibility index (Phi) is 8.29. The lowest BCUT2D eigenvalue weighted by atomic mass is 10.2. The van der Waals surface area contributed by atoms with Gasteiger partial charge in [-0.05, 0) is 76.4 Å². The molecule has 0 aliphatic carbocycles. The first-order valence-electron chi connectivity index (χ1n) is 9.46. The molecule has 0 bridgehead atoms. The molecule has 1 saturated heterocycles. The molecule has 0 saturated carbocycles. The lowest BCUT2D eigenvalue weighted by Crippen LogP contribution is -2.50. The van der Waals surface area contributed by atoms with Gasteiger partial charge in [-0.1, -0.05) is 17.7 Å². The predicted molar refractivity (Wildman–Crippen MR) is 136 cm³/mol. The molecule has 0 aromatic heterocycles. The number of aryl methyl sites for hydroxylation is 1. The Labute approximate surface area is 209 Å². The van der Waals surface area contributed by atoms with Crippen LogP contribution >= 0.6 is 45.2 Å². The zero-order valence-corrected chi connectivity index (χ0v) is 21.9. The summed E-state index contributed by atoms with van der Waals surface area (Å²) in [6, 6.07) is 10.4. The number of halogens is 2. The number of sulfonamides is 1. The van der Waals surface area contributed by atoms with E-state index in [2.05, 4.69) is 33.1 Å². The van der Waals surface area contributed by atoms with Crippen LogP contribution in [0.2, 0.25) is 0 Å². The van der Waals surface area contributed by atoms with Gasteiger partial charge < -0.3 is 5.11 Å². The highest BCUT2D eigenvalue weighted by Gasteiger charge is 2.28. The number of piperazine rings is 1. The summed E-state index contributed by atoms with van der Waals surface area (Å²) in [6.07, 6.45) is 1.41. The number of carbonyl (C=O) groups excluding carboxylic acids is 1. The van der Waals surface area contributed by atoms with E-state index < -0.39 is 10.0 Å². The van der Waals surface area contributed by atoms with Crippen molar-refractivity contribution in [1.29, 1.82) is 0 Å². The molecule has 0 unspecified atom stereocenters. The molecule has 166 valence electrons. The number of carbonyl (C=O) groups is 1. The lowest BCUT2D eigenvalue weighted by Gasteiger charge is -2.33. The lowest BCUT2D eigenvalue weighted by molar-refractivity contribution is -0.122. The van der Waals surface area contributed by atoms with Crippen LogP contribution in [0.1, 0.15) is 11.1 Å². The number of rotatable bonds is 6. The van der Waals surface area contributed by atoms with E-state index in [0.29, 0.717) is 35.3 Å². The number of hydrazone groups is 1. The van der Waals surface area contributed by atoms with E-state index >= 15 is 0 Å². The fourth-order valence-electron chi connectivity index (χ4n) is 3.08. The van der Waals surface area contributed by atoms with Crippen molar-refractivity contribution in [2.45, 2.75) is 11.8 Å². The van der Waals surface area contributed by atoms with Gasteiger partial charge in [0.2, 0.25) is 10.0 Å². The first-order valence-corrected chi connectivity index (χ1v) is 13.1. The molecule has 8 nitrogen and oxygen atoms in total. The highest BCUT2D eigenvalue weighted by atomic mass is 127. The molecular formula is C20H22I2N4O4S. The van der Waals surface area contributed by atoms with Crippen LogP contribution in [0, 0.1) is 14.1 Å². The number of aromatic hydroxyl groups is 1. The first-order chi connectivity index (χ1) is 14.7. The van der Waals surface area contributed by atoms with Crippen molar-refractivity contribution in [2.75, 3.05) is 32.7 Å². The largest absolute Gasteiger partial charge is 0.506 e. The Morgan fingerprint density at radius 2 is 1.81 bits per heavy atom. The predicted octanol–water partition coefficient (Wildman–Crippen LogP) is 2.37. The van der Waals surface area contributed by atoms with Crippen molar-refractivity contribution in [1.82, 2.24) is 14.6 Å². The number of phenols is 1. The van der Waals surface area contributed by atoms with E-state index in [0.717, 1.165) is 9.13 Å². The quantitative estimate of drug-likeness (QED) is 0.280. The third kappa shape index (κ3) is 6.37. The molecule has 11 heteroatoms. The van der Waals surface area contributed by atoms with Crippen LogP contribution in [0.15, 0.2) is 46.4 Å². The summed E-state index contributed by atoms with van der Waals surface area (Å²) in [5, 5.41) is 14.0. The van der Waals surface area contributed by atoms with Gasteiger partial charge in [-0.25, -0.2) is 13.8 Å². The molecule has 1 amide bonds. The second-order valence-electron chi connectivity index (χ2n) is 7.11. The van der Waals surface area contributed by atoms with Crippen LogP contribution in [0.3, 0.4) is 0 Å². The SMILES string of the molecule is Cc1ccc(S(=O)(=O)N2CCN(CC(=O)N/N=C/c3cc(I)cc(I)c3O)CC2)cc1. The summed E-state index contributed by atoms with van der Waals surface area (Å²) in [6.45, 7) is 3.58. The molecule has 1 aliphatic heterocycles. The molecule has 2 N–H and O–H groups in total. The maximum atomic E-state index is 12.8. The molecule has 1 fully saturated rings. The third-order valence-corrected chi connectivity index (χ3v) is 8.17. The van der Waals surface area contributed by atoms with Gasteiger partial charge in [-0.15, -0.1) is 0 Å². The van der Waals surface area contributed by atoms with Crippen LogP contribution in [0.25, 0.3) is 0 Å². The number of nitrogens with one attached hydrogen (secondary N) is 1. The minimum Gasteiger partial charge on any atom is -0.506 e. The summed E-state index contributed by atoms with van der Waals surface area (Å²) < 4.78 is 28.6. The van der Waals surface area contributed by atoms with Gasteiger partial charge in [0.1, 0.15) is 5.75 Å². The third-order valence-electron chi connectivity index (χ3n) is 4.81. The molecule has 0 radical (unpaired) electrons. The number of phenolic OH excluding ortho intramolecular Hbond substituents is 1.